The van der Waals surface area contributed by atoms with Crippen molar-refractivity contribution in [2.75, 3.05) is 5.32 Å². The van der Waals surface area contributed by atoms with Crippen LogP contribution in [0.3, 0.4) is 0 Å². The number of carbonyl (C=O) groups excluding carboxylic acids is 1. The van der Waals surface area contributed by atoms with Gasteiger partial charge in [-0.15, -0.1) is 0 Å². The Labute approximate surface area is 148 Å². The van der Waals surface area contributed by atoms with E-state index in [1.54, 1.807) is 12.1 Å². The van der Waals surface area contributed by atoms with Gasteiger partial charge in [-0.05, 0) is 71.5 Å². The summed E-state index contributed by atoms with van der Waals surface area (Å²) in [5, 5.41) is 3.89. The highest BCUT2D eigenvalue weighted by atomic mass is 127. The lowest BCUT2D eigenvalue weighted by Gasteiger charge is -2.23. The Bertz CT molecular complexity index is 687. The van der Waals surface area contributed by atoms with Crippen LogP contribution in [0.5, 0.6) is 0 Å². The molecule has 0 saturated carbocycles. The number of esters is 1. The summed E-state index contributed by atoms with van der Waals surface area (Å²) >= 11 is 8.13. The third-order valence-corrected chi connectivity index (χ3v) is 4.82. The van der Waals surface area contributed by atoms with Gasteiger partial charge in [0.15, 0.2) is 0 Å². The van der Waals surface area contributed by atoms with Gasteiger partial charge in [0.05, 0.1) is 0 Å². The number of carbonyl (C=O) groups is 1. The number of halogens is 2. The van der Waals surface area contributed by atoms with Gasteiger partial charge in [0.1, 0.15) is 11.6 Å². The van der Waals surface area contributed by atoms with E-state index in [0.717, 1.165) is 14.8 Å². The van der Waals surface area contributed by atoms with Gasteiger partial charge in [-0.1, -0.05) is 23.7 Å². The minimum Gasteiger partial charge on any atom is -0.453 e. The van der Waals surface area contributed by atoms with E-state index < -0.39 is 5.60 Å². The predicted molar refractivity (Wildman–Crippen MR) is 96.1 cm³/mol. The molecular formula is C17H15ClINO2. The van der Waals surface area contributed by atoms with E-state index in [0.29, 0.717) is 11.4 Å². The topological polar surface area (TPSA) is 38.3 Å². The first-order chi connectivity index (χ1) is 10.5. The molecule has 3 rings (SSSR count). The van der Waals surface area contributed by atoms with Crippen LogP contribution in [0.4, 0.5) is 5.69 Å². The number of nitrogens with one attached hydrogen (secondary N) is 1. The van der Waals surface area contributed by atoms with Crippen LogP contribution in [-0.4, -0.2) is 12.0 Å². The second kappa shape index (κ2) is 6.08. The van der Waals surface area contributed by atoms with Crippen LogP contribution in [0.15, 0.2) is 48.5 Å². The minimum atomic E-state index is -0.592. The smallest absolute Gasteiger partial charge is 0.329 e. The fourth-order valence-electron chi connectivity index (χ4n) is 2.64. The van der Waals surface area contributed by atoms with Crippen LogP contribution in [0.2, 0.25) is 5.02 Å². The van der Waals surface area contributed by atoms with Gasteiger partial charge in [-0.3, -0.25) is 0 Å². The minimum absolute atomic E-state index is 0.226. The zero-order valence-electron chi connectivity index (χ0n) is 12.0. The predicted octanol–water partition coefficient (Wildman–Crippen LogP) is 4.59. The Kier molecular flexibility index (Phi) is 4.32. The van der Waals surface area contributed by atoms with E-state index in [-0.39, 0.29) is 12.0 Å². The quantitative estimate of drug-likeness (QED) is 0.575. The number of ether oxygens (including phenoxy) is 1. The summed E-state index contributed by atoms with van der Waals surface area (Å²) in [5.41, 5.74) is 1.28. The summed E-state index contributed by atoms with van der Waals surface area (Å²) in [4.78, 5) is 12.2. The summed E-state index contributed by atoms with van der Waals surface area (Å²) in [6.07, 6.45) is 0.592. The second-order valence-electron chi connectivity index (χ2n) is 5.57. The molecule has 2 atom stereocenters. The van der Waals surface area contributed by atoms with E-state index >= 15 is 0 Å². The fraction of sp³-hybridized carbons (Fsp3) is 0.235. The summed E-state index contributed by atoms with van der Waals surface area (Å²) in [7, 11) is 0. The zero-order valence-corrected chi connectivity index (χ0v) is 14.9. The molecule has 2 aromatic rings. The number of anilines is 1. The number of rotatable bonds is 3. The van der Waals surface area contributed by atoms with Gasteiger partial charge in [0.25, 0.3) is 0 Å². The van der Waals surface area contributed by atoms with Crippen molar-refractivity contribution in [1.29, 1.82) is 0 Å². The molecule has 0 bridgehead atoms. The van der Waals surface area contributed by atoms with Crippen molar-refractivity contribution in [2.24, 2.45) is 0 Å². The summed E-state index contributed by atoms with van der Waals surface area (Å²) in [5.74, 6) is -0.226. The van der Waals surface area contributed by atoms with E-state index in [9.17, 15) is 4.79 Å². The van der Waals surface area contributed by atoms with Crippen molar-refractivity contribution in [3.8, 4) is 0 Å². The number of hydrogen-bond acceptors (Lipinski definition) is 3. The van der Waals surface area contributed by atoms with E-state index in [1.165, 1.54) is 0 Å². The van der Waals surface area contributed by atoms with Crippen LogP contribution in [0.25, 0.3) is 0 Å². The standard InChI is InChI=1S/C17H15ClINO2/c1-17(11-2-6-13(19)7-3-11)10-15(16(21)22-17)20-14-8-4-12(18)5-9-14/h2-9,15,20H,10H2,1H3. The summed E-state index contributed by atoms with van der Waals surface area (Å²) in [6.45, 7) is 1.95. The van der Waals surface area contributed by atoms with E-state index in [1.807, 2.05) is 43.3 Å². The van der Waals surface area contributed by atoms with Gasteiger partial charge in [0.2, 0.25) is 0 Å². The molecule has 1 saturated heterocycles. The lowest BCUT2D eigenvalue weighted by molar-refractivity contribution is -0.148. The lowest BCUT2D eigenvalue weighted by Crippen LogP contribution is -2.25. The van der Waals surface area contributed by atoms with Crippen molar-refractivity contribution >= 4 is 45.8 Å². The first-order valence-corrected chi connectivity index (χ1v) is 8.43. The molecule has 1 N–H and O–H groups in total. The fourth-order valence-corrected chi connectivity index (χ4v) is 3.13. The van der Waals surface area contributed by atoms with Crippen LogP contribution in [0, 0.1) is 3.57 Å². The zero-order chi connectivity index (χ0) is 15.7. The second-order valence-corrected chi connectivity index (χ2v) is 7.25. The Morgan fingerprint density at radius 3 is 2.45 bits per heavy atom. The molecule has 1 fully saturated rings. The molecule has 0 radical (unpaired) electrons. The summed E-state index contributed by atoms with van der Waals surface area (Å²) < 4.78 is 6.81. The third kappa shape index (κ3) is 3.22. The average Bonchev–Trinajstić information content (AvgIpc) is 2.77. The van der Waals surface area contributed by atoms with Crippen LogP contribution < -0.4 is 5.32 Å². The Hall–Kier alpha value is -1.27. The highest BCUT2D eigenvalue weighted by Gasteiger charge is 2.44. The molecule has 3 nitrogen and oxygen atoms in total. The number of benzene rings is 2. The van der Waals surface area contributed by atoms with Crippen LogP contribution >= 0.6 is 34.2 Å². The molecule has 0 amide bonds. The van der Waals surface area contributed by atoms with E-state index in [4.69, 9.17) is 16.3 Å². The van der Waals surface area contributed by atoms with Gasteiger partial charge < -0.3 is 10.1 Å². The first kappa shape index (κ1) is 15.6. The Morgan fingerprint density at radius 2 is 1.82 bits per heavy atom. The molecule has 22 heavy (non-hydrogen) atoms. The molecule has 1 aliphatic heterocycles. The molecular weight excluding hydrogens is 413 g/mol. The van der Waals surface area contributed by atoms with Crippen LogP contribution in [0.1, 0.15) is 18.9 Å². The van der Waals surface area contributed by atoms with Crippen molar-refractivity contribution < 1.29 is 9.53 Å². The molecule has 114 valence electrons. The Morgan fingerprint density at radius 1 is 1.18 bits per heavy atom. The monoisotopic (exact) mass is 427 g/mol. The highest BCUT2D eigenvalue weighted by molar-refractivity contribution is 14.1. The van der Waals surface area contributed by atoms with Gasteiger partial charge >= 0.3 is 5.97 Å². The molecule has 1 aliphatic rings. The van der Waals surface area contributed by atoms with Crippen molar-refractivity contribution in [3.05, 3.63) is 62.7 Å². The van der Waals surface area contributed by atoms with Gasteiger partial charge in [0, 0.05) is 20.7 Å². The molecule has 0 spiro atoms. The Balaban J connectivity index is 1.77. The highest BCUT2D eigenvalue weighted by Crippen LogP contribution is 2.37. The van der Waals surface area contributed by atoms with Crippen molar-refractivity contribution in [3.63, 3.8) is 0 Å². The van der Waals surface area contributed by atoms with Gasteiger partial charge in [-0.2, -0.15) is 0 Å². The third-order valence-electron chi connectivity index (χ3n) is 3.84. The SMILES string of the molecule is CC1(c2ccc(I)cc2)CC(Nc2ccc(Cl)cc2)C(=O)O1. The average molecular weight is 428 g/mol. The van der Waals surface area contributed by atoms with Gasteiger partial charge in [-0.25, -0.2) is 4.79 Å². The maximum atomic E-state index is 12.2. The molecule has 0 aromatic heterocycles. The van der Waals surface area contributed by atoms with Crippen molar-refractivity contribution in [2.45, 2.75) is 25.0 Å². The molecule has 2 unspecified atom stereocenters. The van der Waals surface area contributed by atoms with Crippen LogP contribution in [-0.2, 0) is 15.1 Å². The normalized spacial score (nSPS) is 24.1. The number of hydrogen-bond donors (Lipinski definition) is 1. The maximum Gasteiger partial charge on any atom is 0.329 e. The molecule has 5 heteroatoms. The maximum absolute atomic E-state index is 12.2. The molecule has 1 heterocycles. The summed E-state index contributed by atoms with van der Waals surface area (Å²) in [6, 6.07) is 15.0. The largest absolute Gasteiger partial charge is 0.453 e. The molecule has 0 aliphatic carbocycles. The van der Waals surface area contributed by atoms with E-state index in [2.05, 4.69) is 27.9 Å². The molecule has 2 aromatic carbocycles. The number of cyclic esters (lactones) is 1. The lowest BCUT2D eigenvalue weighted by atomic mass is 9.91. The first-order valence-electron chi connectivity index (χ1n) is 6.97. The van der Waals surface area contributed by atoms with Crippen molar-refractivity contribution in [1.82, 2.24) is 0 Å².